The Kier molecular flexibility index (Phi) is 5.70. The molecule has 1 nitrogen and oxygen atoms in total. The van der Waals surface area contributed by atoms with Gasteiger partial charge in [0, 0.05) is 12.0 Å². The molecule has 0 aromatic heterocycles. The summed E-state index contributed by atoms with van der Waals surface area (Å²) >= 11 is 0. The molecule has 0 aliphatic heterocycles. The van der Waals surface area contributed by atoms with Crippen molar-refractivity contribution >= 4 is 5.83 Å². The molecule has 2 aromatic carbocycles. The van der Waals surface area contributed by atoms with Gasteiger partial charge in [-0.25, -0.2) is 8.78 Å². The van der Waals surface area contributed by atoms with Gasteiger partial charge in [-0.15, -0.1) is 0 Å². The third kappa shape index (κ3) is 4.42. The predicted octanol–water partition coefficient (Wildman–Crippen LogP) is 5.59. The maximum Gasteiger partial charge on any atom is 0.161 e. The van der Waals surface area contributed by atoms with E-state index in [1.807, 2.05) is 24.3 Å². The molecule has 116 valence electrons. The Labute approximate surface area is 129 Å². The first-order valence-corrected chi connectivity index (χ1v) is 7.51. The number of hydrogen-bond donors (Lipinski definition) is 1. The van der Waals surface area contributed by atoms with Gasteiger partial charge >= 0.3 is 0 Å². The van der Waals surface area contributed by atoms with E-state index in [1.54, 1.807) is 0 Å². The minimum atomic E-state index is -0.859. The Morgan fingerprint density at radius 1 is 0.864 bits per heavy atom. The van der Waals surface area contributed by atoms with Crippen molar-refractivity contribution in [3.8, 4) is 5.75 Å². The second-order valence-corrected chi connectivity index (χ2v) is 5.33. The van der Waals surface area contributed by atoms with Crippen molar-refractivity contribution in [3.63, 3.8) is 0 Å². The monoisotopic (exact) mass is 302 g/mol. The van der Waals surface area contributed by atoms with E-state index in [0.717, 1.165) is 18.4 Å². The van der Waals surface area contributed by atoms with Crippen LogP contribution >= 0.6 is 0 Å². The molecule has 3 heteroatoms. The van der Waals surface area contributed by atoms with E-state index in [2.05, 4.69) is 6.92 Å². The van der Waals surface area contributed by atoms with Gasteiger partial charge in [0.2, 0.25) is 0 Å². The van der Waals surface area contributed by atoms with E-state index in [1.165, 1.54) is 29.8 Å². The van der Waals surface area contributed by atoms with E-state index < -0.39 is 11.7 Å². The van der Waals surface area contributed by atoms with E-state index in [-0.39, 0.29) is 17.7 Å². The molecule has 0 bridgehead atoms. The smallest absolute Gasteiger partial charge is 0.161 e. The number of rotatable bonds is 6. The highest BCUT2D eigenvalue weighted by molar-refractivity contribution is 5.61. The van der Waals surface area contributed by atoms with Crippen LogP contribution in [0, 0.1) is 0 Å². The summed E-state index contributed by atoms with van der Waals surface area (Å²) in [7, 11) is 0. The first-order valence-electron chi connectivity index (χ1n) is 7.51. The number of allylic oxidation sites excluding steroid dienone is 1. The summed E-state index contributed by atoms with van der Waals surface area (Å²) in [4.78, 5) is 0. The SMILES string of the molecule is CCCc1ccc(CC/C(F)=C(\F)c2ccc(O)cc2)cc1. The summed E-state index contributed by atoms with van der Waals surface area (Å²) in [5, 5.41) is 9.16. The number of halogens is 2. The Hall–Kier alpha value is -2.16. The van der Waals surface area contributed by atoms with Crippen LogP contribution in [-0.2, 0) is 12.8 Å². The second-order valence-electron chi connectivity index (χ2n) is 5.33. The maximum atomic E-state index is 14.0. The molecule has 0 aliphatic rings. The van der Waals surface area contributed by atoms with Crippen LogP contribution in [0.1, 0.15) is 36.5 Å². The lowest BCUT2D eigenvalue weighted by molar-refractivity contribution is 0.475. The van der Waals surface area contributed by atoms with Crippen molar-refractivity contribution in [1.29, 1.82) is 0 Å². The predicted molar refractivity (Wildman–Crippen MR) is 86.0 cm³/mol. The number of aryl methyl sites for hydroxylation is 2. The number of benzene rings is 2. The summed E-state index contributed by atoms with van der Waals surface area (Å²) in [6.45, 7) is 2.13. The van der Waals surface area contributed by atoms with Crippen LogP contribution in [0.15, 0.2) is 54.4 Å². The molecule has 1 N–H and O–H groups in total. The lowest BCUT2D eigenvalue weighted by Crippen LogP contribution is -1.90. The van der Waals surface area contributed by atoms with Crippen LogP contribution in [0.2, 0.25) is 0 Å². The Bertz CT molecular complexity index is 627. The summed E-state index contributed by atoms with van der Waals surface area (Å²) in [6.07, 6.45) is 2.61. The standard InChI is InChI=1S/C19H20F2O/c1-2-3-14-4-6-15(7-5-14)8-13-18(20)19(21)16-9-11-17(22)12-10-16/h4-7,9-12,22H,2-3,8,13H2,1H3/b19-18+. The van der Waals surface area contributed by atoms with Gasteiger partial charge in [-0.05, 0) is 48.2 Å². The Morgan fingerprint density at radius 3 is 1.95 bits per heavy atom. The van der Waals surface area contributed by atoms with Crippen LogP contribution in [0.3, 0.4) is 0 Å². The zero-order chi connectivity index (χ0) is 15.9. The highest BCUT2D eigenvalue weighted by Gasteiger charge is 2.09. The fourth-order valence-electron chi connectivity index (χ4n) is 2.29. The third-order valence-electron chi connectivity index (χ3n) is 3.55. The minimum absolute atomic E-state index is 0.0276. The van der Waals surface area contributed by atoms with Gasteiger partial charge in [0.25, 0.3) is 0 Å². The first-order chi connectivity index (χ1) is 10.6. The van der Waals surface area contributed by atoms with Crippen molar-refractivity contribution in [2.24, 2.45) is 0 Å². The van der Waals surface area contributed by atoms with Crippen molar-refractivity contribution in [2.45, 2.75) is 32.6 Å². The van der Waals surface area contributed by atoms with Crippen LogP contribution in [-0.4, -0.2) is 5.11 Å². The average Bonchev–Trinajstić information content (AvgIpc) is 2.54. The van der Waals surface area contributed by atoms with Gasteiger partial charge in [0.05, 0.1) is 0 Å². The molecule has 0 aliphatic carbocycles. The van der Waals surface area contributed by atoms with Crippen molar-refractivity contribution in [1.82, 2.24) is 0 Å². The van der Waals surface area contributed by atoms with Gasteiger partial charge in [-0.2, -0.15) is 0 Å². The van der Waals surface area contributed by atoms with E-state index in [9.17, 15) is 8.78 Å². The highest BCUT2D eigenvalue weighted by Crippen LogP contribution is 2.26. The fourth-order valence-corrected chi connectivity index (χ4v) is 2.29. The van der Waals surface area contributed by atoms with Crippen LogP contribution < -0.4 is 0 Å². The second kappa shape index (κ2) is 7.74. The molecule has 2 rings (SSSR count). The van der Waals surface area contributed by atoms with Crippen LogP contribution in [0.5, 0.6) is 5.75 Å². The first kappa shape index (κ1) is 16.2. The molecule has 0 saturated heterocycles. The zero-order valence-electron chi connectivity index (χ0n) is 12.7. The number of phenols is 1. The molecule has 0 atom stereocenters. The van der Waals surface area contributed by atoms with E-state index in [4.69, 9.17) is 5.11 Å². The van der Waals surface area contributed by atoms with Crippen LogP contribution in [0.25, 0.3) is 5.83 Å². The highest BCUT2D eigenvalue weighted by atomic mass is 19.2. The molecule has 2 aromatic rings. The summed E-state index contributed by atoms with van der Waals surface area (Å²) < 4.78 is 27.9. The number of aromatic hydroxyl groups is 1. The van der Waals surface area contributed by atoms with Crippen molar-refractivity contribution in [3.05, 3.63) is 71.0 Å². The summed E-state index contributed by atoms with van der Waals surface area (Å²) in [5.74, 6) is -1.59. The molecule has 0 heterocycles. The molecular formula is C19H20F2O. The lowest BCUT2D eigenvalue weighted by atomic mass is 10.0. The average molecular weight is 302 g/mol. The summed E-state index contributed by atoms with van der Waals surface area (Å²) in [5.41, 5.74) is 2.40. The molecular weight excluding hydrogens is 282 g/mol. The van der Waals surface area contributed by atoms with Crippen LogP contribution in [0.4, 0.5) is 8.78 Å². The topological polar surface area (TPSA) is 20.2 Å². The largest absolute Gasteiger partial charge is 0.508 e. The molecule has 0 amide bonds. The van der Waals surface area contributed by atoms with Gasteiger partial charge in [-0.1, -0.05) is 37.6 Å². The fraction of sp³-hybridized carbons (Fsp3) is 0.263. The number of phenolic OH excluding ortho intramolecular Hbond substituents is 1. The normalized spacial score (nSPS) is 12.1. The van der Waals surface area contributed by atoms with E-state index in [0.29, 0.717) is 6.42 Å². The van der Waals surface area contributed by atoms with Crippen molar-refractivity contribution < 1.29 is 13.9 Å². The molecule has 0 saturated carbocycles. The van der Waals surface area contributed by atoms with E-state index >= 15 is 0 Å². The number of hydrogen-bond acceptors (Lipinski definition) is 1. The zero-order valence-corrected chi connectivity index (χ0v) is 12.7. The third-order valence-corrected chi connectivity index (χ3v) is 3.55. The molecule has 22 heavy (non-hydrogen) atoms. The van der Waals surface area contributed by atoms with Gasteiger partial charge in [0.15, 0.2) is 5.83 Å². The molecule has 0 spiro atoms. The Morgan fingerprint density at radius 2 is 1.41 bits per heavy atom. The summed E-state index contributed by atoms with van der Waals surface area (Å²) in [6, 6.07) is 13.4. The quantitative estimate of drug-likeness (QED) is 0.738. The lowest BCUT2D eigenvalue weighted by Gasteiger charge is -2.04. The van der Waals surface area contributed by atoms with Gasteiger partial charge in [-0.3, -0.25) is 0 Å². The Balaban J connectivity index is 2.00. The maximum absolute atomic E-state index is 14.0. The van der Waals surface area contributed by atoms with Gasteiger partial charge < -0.3 is 5.11 Å². The molecule has 0 radical (unpaired) electrons. The van der Waals surface area contributed by atoms with Crippen molar-refractivity contribution in [2.75, 3.05) is 0 Å². The minimum Gasteiger partial charge on any atom is -0.508 e. The molecule has 0 fully saturated rings. The molecule has 0 unspecified atom stereocenters. The van der Waals surface area contributed by atoms with Gasteiger partial charge in [0.1, 0.15) is 11.6 Å².